The number of hydrogen-bond acceptors (Lipinski definition) is 5. The second-order valence-electron chi connectivity index (χ2n) is 4.27. The van der Waals surface area contributed by atoms with E-state index in [1.165, 1.54) is 6.07 Å². The Morgan fingerprint density at radius 1 is 1.35 bits per heavy atom. The predicted octanol–water partition coefficient (Wildman–Crippen LogP) is 3.24. The molecule has 0 radical (unpaired) electrons. The zero-order chi connectivity index (χ0) is 14.7. The largest absolute Gasteiger partial charge is 0.459 e. The van der Waals surface area contributed by atoms with Gasteiger partial charge in [-0.25, -0.2) is 4.79 Å². The average Bonchev–Trinajstić information content (AvgIpc) is 2.42. The lowest BCUT2D eigenvalue weighted by Gasteiger charge is -2.22. The minimum absolute atomic E-state index is 0.0117. The van der Waals surface area contributed by atoms with Gasteiger partial charge in [0, 0.05) is 18.9 Å². The summed E-state index contributed by atoms with van der Waals surface area (Å²) in [6, 6.07) is 2.33. The van der Waals surface area contributed by atoms with Crippen molar-refractivity contribution in [2.75, 3.05) is 13.2 Å². The van der Waals surface area contributed by atoms with Crippen molar-refractivity contribution in [1.82, 2.24) is 0 Å². The third kappa shape index (κ3) is 3.39. The summed E-state index contributed by atoms with van der Waals surface area (Å²) in [5.74, 6) is -0.654. The number of nitro benzene ring substituents is 1. The van der Waals surface area contributed by atoms with Crippen LogP contribution in [-0.4, -0.2) is 30.2 Å². The Bertz CT molecular complexity index is 543. The van der Waals surface area contributed by atoms with Crippen LogP contribution in [0.5, 0.6) is 0 Å². The molecule has 0 spiro atoms. The van der Waals surface area contributed by atoms with Crippen molar-refractivity contribution < 1.29 is 19.2 Å². The number of halogens is 2. The molecule has 0 unspecified atom stereocenters. The number of carbonyl (C=O) groups excluding carboxylic acids is 1. The molecule has 108 valence electrons. The van der Waals surface area contributed by atoms with E-state index in [9.17, 15) is 14.9 Å². The first-order valence-corrected chi connectivity index (χ1v) is 6.67. The van der Waals surface area contributed by atoms with Gasteiger partial charge >= 0.3 is 5.97 Å². The monoisotopic (exact) mass is 319 g/mol. The van der Waals surface area contributed by atoms with Gasteiger partial charge in [-0.1, -0.05) is 23.2 Å². The summed E-state index contributed by atoms with van der Waals surface area (Å²) in [5, 5.41) is 10.6. The van der Waals surface area contributed by atoms with Crippen LogP contribution in [0.4, 0.5) is 5.69 Å². The first kappa shape index (κ1) is 15.0. The maximum atomic E-state index is 12.0. The molecule has 0 amide bonds. The second-order valence-corrected chi connectivity index (χ2v) is 5.05. The smallest absolute Gasteiger partial charge is 0.338 e. The summed E-state index contributed by atoms with van der Waals surface area (Å²) in [5.41, 5.74) is -0.407. The molecule has 0 atom stereocenters. The fraction of sp³-hybridized carbons (Fsp3) is 0.417. The van der Waals surface area contributed by atoms with Gasteiger partial charge in [0.1, 0.15) is 11.1 Å². The Kier molecular flexibility index (Phi) is 4.80. The van der Waals surface area contributed by atoms with E-state index in [4.69, 9.17) is 32.7 Å². The predicted molar refractivity (Wildman–Crippen MR) is 72.4 cm³/mol. The molecule has 8 heteroatoms. The van der Waals surface area contributed by atoms with Crippen LogP contribution in [0.15, 0.2) is 12.1 Å². The van der Waals surface area contributed by atoms with Crippen molar-refractivity contribution in [3.05, 3.63) is 37.9 Å². The Morgan fingerprint density at radius 3 is 2.60 bits per heavy atom. The highest BCUT2D eigenvalue weighted by atomic mass is 35.5. The van der Waals surface area contributed by atoms with Gasteiger partial charge in [0.25, 0.3) is 5.69 Å². The van der Waals surface area contributed by atoms with E-state index in [2.05, 4.69) is 0 Å². The van der Waals surface area contributed by atoms with Crippen LogP contribution in [-0.2, 0) is 9.47 Å². The number of hydrogen-bond donors (Lipinski definition) is 0. The third-order valence-corrected chi connectivity index (χ3v) is 3.68. The fourth-order valence-corrected chi connectivity index (χ4v) is 2.23. The molecular formula is C12H11Cl2NO5. The van der Waals surface area contributed by atoms with Gasteiger partial charge in [0.15, 0.2) is 0 Å². The summed E-state index contributed by atoms with van der Waals surface area (Å²) in [6.45, 7) is 1.05. The zero-order valence-corrected chi connectivity index (χ0v) is 11.8. The van der Waals surface area contributed by atoms with Gasteiger partial charge in [0.05, 0.1) is 28.7 Å². The first-order valence-electron chi connectivity index (χ1n) is 5.91. The van der Waals surface area contributed by atoms with E-state index in [0.717, 1.165) is 6.07 Å². The van der Waals surface area contributed by atoms with Crippen LogP contribution in [0.1, 0.15) is 23.2 Å². The Morgan fingerprint density at radius 2 is 2.00 bits per heavy atom. The highest BCUT2D eigenvalue weighted by Gasteiger charge is 2.23. The Balaban J connectivity index is 2.19. The highest BCUT2D eigenvalue weighted by molar-refractivity contribution is 6.43. The molecule has 1 aromatic carbocycles. The average molecular weight is 320 g/mol. The molecule has 2 rings (SSSR count). The number of nitro groups is 1. The number of carbonyl (C=O) groups is 1. The van der Waals surface area contributed by atoms with Crippen LogP contribution in [0.3, 0.4) is 0 Å². The van der Waals surface area contributed by atoms with E-state index < -0.39 is 16.6 Å². The molecule has 1 fully saturated rings. The molecule has 6 nitrogen and oxygen atoms in total. The summed E-state index contributed by atoms with van der Waals surface area (Å²) < 4.78 is 10.4. The van der Waals surface area contributed by atoms with Gasteiger partial charge in [-0.15, -0.1) is 0 Å². The molecule has 0 aliphatic carbocycles. The minimum atomic E-state index is -0.695. The van der Waals surface area contributed by atoms with Crippen LogP contribution in [0.2, 0.25) is 10.0 Å². The second kappa shape index (κ2) is 6.39. The number of ether oxygens (including phenoxy) is 2. The van der Waals surface area contributed by atoms with E-state index in [0.29, 0.717) is 26.1 Å². The first-order chi connectivity index (χ1) is 9.49. The van der Waals surface area contributed by atoms with Gasteiger partial charge in [-0.05, 0) is 6.07 Å². The van der Waals surface area contributed by atoms with Crippen molar-refractivity contribution in [1.29, 1.82) is 0 Å². The summed E-state index contributed by atoms with van der Waals surface area (Å²) >= 11 is 11.5. The van der Waals surface area contributed by atoms with Crippen LogP contribution >= 0.6 is 23.2 Å². The lowest BCUT2D eigenvalue weighted by Crippen LogP contribution is -2.26. The summed E-state index contributed by atoms with van der Waals surface area (Å²) in [7, 11) is 0. The van der Waals surface area contributed by atoms with Gasteiger partial charge in [-0.2, -0.15) is 0 Å². The molecule has 1 heterocycles. The maximum Gasteiger partial charge on any atom is 0.338 e. The van der Waals surface area contributed by atoms with E-state index >= 15 is 0 Å². The molecule has 0 aromatic heterocycles. The molecule has 0 N–H and O–H groups in total. The Hall–Kier alpha value is -1.37. The van der Waals surface area contributed by atoms with Crippen molar-refractivity contribution in [3.63, 3.8) is 0 Å². The van der Waals surface area contributed by atoms with Crippen molar-refractivity contribution >= 4 is 34.9 Å². The van der Waals surface area contributed by atoms with Crippen LogP contribution < -0.4 is 0 Å². The van der Waals surface area contributed by atoms with Crippen molar-refractivity contribution in [3.8, 4) is 0 Å². The Labute approximate surface area is 124 Å². The normalized spacial score (nSPS) is 15.9. The highest BCUT2D eigenvalue weighted by Crippen LogP contribution is 2.33. The summed E-state index contributed by atoms with van der Waals surface area (Å²) in [6.07, 6.45) is 0.967. The SMILES string of the molecule is O=C(OC1CCOCC1)c1cc(Cl)c(Cl)c([N+](=O)[O-])c1. The maximum absolute atomic E-state index is 12.0. The minimum Gasteiger partial charge on any atom is -0.459 e. The van der Waals surface area contributed by atoms with Gasteiger partial charge in [-0.3, -0.25) is 10.1 Å². The number of nitrogens with zero attached hydrogens (tertiary/aromatic N) is 1. The number of rotatable bonds is 3. The van der Waals surface area contributed by atoms with Crippen molar-refractivity contribution in [2.45, 2.75) is 18.9 Å². The molecule has 0 bridgehead atoms. The summed E-state index contributed by atoms with van der Waals surface area (Å²) in [4.78, 5) is 22.1. The molecule has 1 aliphatic heterocycles. The molecule has 1 aliphatic rings. The number of esters is 1. The zero-order valence-electron chi connectivity index (χ0n) is 10.3. The van der Waals surface area contributed by atoms with Crippen LogP contribution in [0, 0.1) is 10.1 Å². The lowest BCUT2D eigenvalue weighted by molar-refractivity contribution is -0.384. The standard InChI is InChI=1S/C12H11Cl2NO5/c13-9-5-7(6-10(11(9)14)15(17)18)12(16)20-8-1-3-19-4-2-8/h5-6,8H,1-4H2. The molecule has 20 heavy (non-hydrogen) atoms. The molecule has 1 saturated heterocycles. The van der Waals surface area contributed by atoms with E-state index in [1.54, 1.807) is 0 Å². The van der Waals surface area contributed by atoms with Gasteiger partial charge in [0.2, 0.25) is 0 Å². The third-order valence-electron chi connectivity index (χ3n) is 2.88. The van der Waals surface area contributed by atoms with Gasteiger partial charge < -0.3 is 9.47 Å². The molecular weight excluding hydrogens is 309 g/mol. The van der Waals surface area contributed by atoms with Crippen LogP contribution in [0.25, 0.3) is 0 Å². The topological polar surface area (TPSA) is 78.7 Å². The quantitative estimate of drug-likeness (QED) is 0.485. The molecule has 0 saturated carbocycles. The number of benzene rings is 1. The lowest BCUT2D eigenvalue weighted by atomic mass is 10.1. The molecule has 1 aromatic rings. The van der Waals surface area contributed by atoms with E-state index in [1.807, 2.05) is 0 Å². The fourth-order valence-electron chi connectivity index (χ4n) is 1.84. The van der Waals surface area contributed by atoms with E-state index in [-0.39, 0.29) is 21.7 Å². The van der Waals surface area contributed by atoms with Crippen molar-refractivity contribution in [2.24, 2.45) is 0 Å².